The predicted molar refractivity (Wildman–Crippen MR) is 76.3 cm³/mol. The number of nitrogens with zero attached hydrogens (tertiary/aromatic N) is 1. The summed E-state index contributed by atoms with van der Waals surface area (Å²) in [5.74, 6) is -0.475. The number of aromatic nitrogens is 1. The topological polar surface area (TPSA) is 68.0 Å². The summed E-state index contributed by atoms with van der Waals surface area (Å²) in [6.07, 6.45) is 1.80. The molecule has 4 nitrogen and oxygen atoms in total. The van der Waals surface area contributed by atoms with Crippen LogP contribution in [0.5, 0.6) is 0 Å². The van der Waals surface area contributed by atoms with Crippen molar-refractivity contribution >= 4 is 23.2 Å². The van der Waals surface area contributed by atoms with Crippen molar-refractivity contribution in [2.45, 2.75) is 13.5 Å². The van der Waals surface area contributed by atoms with Gasteiger partial charge in [0.15, 0.2) is 0 Å². The molecule has 0 radical (unpaired) electrons. The Bertz CT molecular complexity index is 596. The molecule has 19 heavy (non-hydrogen) atoms. The van der Waals surface area contributed by atoms with E-state index in [2.05, 4.69) is 10.3 Å². The number of nitrogens with one attached hydrogen (secondary N) is 1. The lowest BCUT2D eigenvalue weighted by Crippen LogP contribution is -2.11. The van der Waals surface area contributed by atoms with Crippen LogP contribution in [0.4, 0.5) is 5.69 Å². The molecule has 0 aliphatic carbocycles. The minimum absolute atomic E-state index is 0.425. The first-order valence-corrected chi connectivity index (χ1v) is 6.19. The average Bonchev–Trinajstić information content (AvgIpc) is 2.39. The van der Waals surface area contributed by atoms with Gasteiger partial charge in [-0.1, -0.05) is 17.7 Å². The standard InChI is InChI=1S/C14H14ClN3O/c1-9-2-3-10(7-17-9)8-18-13-6-11(14(16)19)4-5-12(13)15/h2-7,18H,8H2,1H3,(H2,16,19). The lowest BCUT2D eigenvalue weighted by atomic mass is 10.2. The molecular formula is C14H14ClN3O. The van der Waals surface area contributed by atoms with Crippen LogP contribution in [0.25, 0.3) is 0 Å². The maximum atomic E-state index is 11.1. The monoisotopic (exact) mass is 275 g/mol. The summed E-state index contributed by atoms with van der Waals surface area (Å²) in [4.78, 5) is 15.3. The summed E-state index contributed by atoms with van der Waals surface area (Å²) >= 11 is 6.06. The van der Waals surface area contributed by atoms with Gasteiger partial charge < -0.3 is 11.1 Å². The fraction of sp³-hybridized carbons (Fsp3) is 0.143. The summed E-state index contributed by atoms with van der Waals surface area (Å²) in [6.45, 7) is 2.51. The molecule has 0 atom stereocenters. The van der Waals surface area contributed by atoms with Crippen molar-refractivity contribution in [3.05, 3.63) is 58.4 Å². The summed E-state index contributed by atoms with van der Waals surface area (Å²) in [6, 6.07) is 8.83. The van der Waals surface area contributed by atoms with Crippen molar-refractivity contribution in [3.63, 3.8) is 0 Å². The van der Waals surface area contributed by atoms with Crippen molar-refractivity contribution in [2.24, 2.45) is 5.73 Å². The van der Waals surface area contributed by atoms with E-state index in [4.69, 9.17) is 17.3 Å². The van der Waals surface area contributed by atoms with E-state index in [9.17, 15) is 4.79 Å². The van der Waals surface area contributed by atoms with Crippen LogP contribution in [0.15, 0.2) is 36.5 Å². The van der Waals surface area contributed by atoms with E-state index in [1.165, 1.54) is 0 Å². The zero-order valence-corrected chi connectivity index (χ0v) is 11.2. The highest BCUT2D eigenvalue weighted by Gasteiger charge is 2.05. The van der Waals surface area contributed by atoms with Crippen LogP contribution >= 0.6 is 11.6 Å². The molecule has 98 valence electrons. The van der Waals surface area contributed by atoms with Crippen LogP contribution in [0.2, 0.25) is 5.02 Å². The van der Waals surface area contributed by atoms with E-state index >= 15 is 0 Å². The van der Waals surface area contributed by atoms with Crippen LogP contribution in [-0.4, -0.2) is 10.9 Å². The highest BCUT2D eigenvalue weighted by Crippen LogP contribution is 2.23. The lowest BCUT2D eigenvalue weighted by molar-refractivity contribution is 0.100. The van der Waals surface area contributed by atoms with E-state index in [1.54, 1.807) is 24.4 Å². The number of nitrogens with two attached hydrogens (primary N) is 1. The van der Waals surface area contributed by atoms with Crippen LogP contribution < -0.4 is 11.1 Å². The van der Waals surface area contributed by atoms with Crippen LogP contribution in [0, 0.1) is 6.92 Å². The van der Waals surface area contributed by atoms with Gasteiger partial charge in [-0.15, -0.1) is 0 Å². The first-order valence-electron chi connectivity index (χ1n) is 5.81. The smallest absolute Gasteiger partial charge is 0.248 e. The third-order valence-electron chi connectivity index (χ3n) is 2.71. The fourth-order valence-corrected chi connectivity index (χ4v) is 1.80. The highest BCUT2D eigenvalue weighted by atomic mass is 35.5. The van der Waals surface area contributed by atoms with E-state index < -0.39 is 5.91 Å². The fourth-order valence-electron chi connectivity index (χ4n) is 1.61. The van der Waals surface area contributed by atoms with Crippen molar-refractivity contribution in [3.8, 4) is 0 Å². The first-order chi connectivity index (χ1) is 9.06. The number of anilines is 1. The van der Waals surface area contributed by atoms with Gasteiger partial charge in [-0.05, 0) is 36.8 Å². The summed E-state index contributed by atoms with van der Waals surface area (Å²) in [5, 5.41) is 3.71. The van der Waals surface area contributed by atoms with Gasteiger partial charge in [-0.2, -0.15) is 0 Å². The molecule has 0 saturated carbocycles. The molecule has 1 aromatic heterocycles. The Morgan fingerprint density at radius 3 is 2.79 bits per heavy atom. The number of primary amides is 1. The molecular weight excluding hydrogens is 262 g/mol. The number of aryl methyl sites for hydroxylation is 1. The molecule has 0 unspecified atom stereocenters. The number of carbonyl (C=O) groups excluding carboxylic acids is 1. The molecule has 0 spiro atoms. The third kappa shape index (κ3) is 3.45. The minimum atomic E-state index is -0.475. The van der Waals surface area contributed by atoms with E-state index in [0.29, 0.717) is 22.8 Å². The SMILES string of the molecule is Cc1ccc(CNc2cc(C(N)=O)ccc2Cl)cn1. The molecule has 2 rings (SSSR count). The number of hydrogen-bond acceptors (Lipinski definition) is 3. The van der Waals surface area contributed by atoms with Gasteiger partial charge in [0.2, 0.25) is 5.91 Å². The largest absolute Gasteiger partial charge is 0.380 e. The maximum absolute atomic E-state index is 11.1. The maximum Gasteiger partial charge on any atom is 0.248 e. The van der Waals surface area contributed by atoms with Crippen molar-refractivity contribution < 1.29 is 4.79 Å². The van der Waals surface area contributed by atoms with E-state index in [0.717, 1.165) is 11.3 Å². The Labute approximate surface area is 116 Å². The Morgan fingerprint density at radius 2 is 2.16 bits per heavy atom. The molecule has 3 N–H and O–H groups in total. The molecule has 0 saturated heterocycles. The van der Waals surface area contributed by atoms with Crippen LogP contribution in [-0.2, 0) is 6.54 Å². The average molecular weight is 276 g/mol. The quantitative estimate of drug-likeness (QED) is 0.901. The molecule has 1 heterocycles. The number of halogens is 1. The van der Waals surface area contributed by atoms with E-state index in [-0.39, 0.29) is 0 Å². The van der Waals surface area contributed by atoms with Gasteiger partial charge in [0.1, 0.15) is 0 Å². The van der Waals surface area contributed by atoms with Gasteiger partial charge in [0.05, 0.1) is 10.7 Å². The number of carbonyl (C=O) groups is 1. The van der Waals surface area contributed by atoms with Gasteiger partial charge in [0.25, 0.3) is 0 Å². The van der Waals surface area contributed by atoms with Crippen LogP contribution in [0.3, 0.4) is 0 Å². The van der Waals surface area contributed by atoms with Gasteiger partial charge in [-0.25, -0.2) is 0 Å². The highest BCUT2D eigenvalue weighted by molar-refractivity contribution is 6.33. The Balaban J connectivity index is 2.12. The Hall–Kier alpha value is -2.07. The van der Waals surface area contributed by atoms with Gasteiger partial charge in [-0.3, -0.25) is 9.78 Å². The second-order valence-corrected chi connectivity index (χ2v) is 4.63. The molecule has 0 aliphatic rings. The van der Waals surface area contributed by atoms with E-state index in [1.807, 2.05) is 19.1 Å². The van der Waals surface area contributed by atoms with Crippen LogP contribution in [0.1, 0.15) is 21.6 Å². The molecule has 1 amide bonds. The van der Waals surface area contributed by atoms with Crippen molar-refractivity contribution in [1.29, 1.82) is 0 Å². The first kappa shape index (κ1) is 13.4. The third-order valence-corrected chi connectivity index (χ3v) is 3.04. The number of rotatable bonds is 4. The predicted octanol–water partition coefficient (Wildman–Crippen LogP) is 2.75. The molecule has 2 aromatic rings. The summed E-state index contributed by atoms with van der Waals surface area (Å²) < 4.78 is 0. The second kappa shape index (κ2) is 5.71. The normalized spacial score (nSPS) is 10.2. The summed E-state index contributed by atoms with van der Waals surface area (Å²) in [5.41, 5.74) is 8.34. The van der Waals surface area contributed by atoms with Gasteiger partial charge in [0, 0.05) is 24.0 Å². The number of pyridine rings is 1. The zero-order chi connectivity index (χ0) is 13.8. The van der Waals surface area contributed by atoms with Gasteiger partial charge >= 0.3 is 0 Å². The molecule has 1 aromatic carbocycles. The molecule has 0 bridgehead atoms. The second-order valence-electron chi connectivity index (χ2n) is 4.22. The molecule has 0 aliphatic heterocycles. The van der Waals surface area contributed by atoms with Crippen molar-refractivity contribution in [2.75, 3.05) is 5.32 Å². The number of hydrogen-bond donors (Lipinski definition) is 2. The molecule has 0 fully saturated rings. The number of amides is 1. The number of benzene rings is 1. The zero-order valence-electron chi connectivity index (χ0n) is 10.5. The Morgan fingerprint density at radius 1 is 1.37 bits per heavy atom. The Kier molecular flexibility index (Phi) is 4.02. The van der Waals surface area contributed by atoms with Crippen molar-refractivity contribution in [1.82, 2.24) is 4.98 Å². The molecule has 5 heteroatoms. The minimum Gasteiger partial charge on any atom is -0.380 e. The summed E-state index contributed by atoms with van der Waals surface area (Å²) in [7, 11) is 0. The lowest BCUT2D eigenvalue weighted by Gasteiger charge is -2.09.